The molecule has 3 aromatic rings. The number of carbonyl (C=O) groups excluding carboxylic acids is 1. The van der Waals surface area contributed by atoms with Crippen LogP contribution in [0.15, 0.2) is 40.7 Å². The number of carbonyl (C=O) groups is 1. The van der Waals surface area contributed by atoms with E-state index >= 15 is 0 Å². The molecule has 204 valence electrons. The molecule has 2 aromatic heterocycles. The molecular weight excluding hydrogens is 494 g/mol. The molecule has 2 fully saturated rings. The summed E-state index contributed by atoms with van der Waals surface area (Å²) < 4.78 is 7.59. The number of aromatic nitrogens is 4. The molecule has 11 heteroatoms. The summed E-state index contributed by atoms with van der Waals surface area (Å²) in [5.74, 6) is 8.02. The number of hydrogen-bond donors (Lipinski definition) is 3. The molecule has 1 atom stereocenters. The molecule has 1 saturated heterocycles. The number of hydrogen-bond acceptors (Lipinski definition) is 8. The molecule has 1 amide bonds. The molecule has 11 nitrogen and oxygen atoms in total. The summed E-state index contributed by atoms with van der Waals surface area (Å²) in [5.41, 5.74) is 3.34. The normalized spacial score (nSPS) is 20.1. The number of aromatic amines is 1. The van der Waals surface area contributed by atoms with E-state index in [0.717, 1.165) is 48.0 Å². The number of nitrogens with two attached hydrogens (primary N) is 1. The number of imidazole rings is 1. The van der Waals surface area contributed by atoms with Gasteiger partial charge in [0, 0.05) is 61.0 Å². The first-order valence-corrected chi connectivity index (χ1v) is 13.7. The minimum atomic E-state index is -0.0578. The second-order valence-electron chi connectivity index (χ2n) is 10.6. The molecule has 4 heterocycles. The van der Waals surface area contributed by atoms with Crippen molar-refractivity contribution in [3.63, 3.8) is 0 Å². The van der Waals surface area contributed by atoms with Gasteiger partial charge >= 0.3 is 0 Å². The van der Waals surface area contributed by atoms with Crippen LogP contribution in [0.3, 0.4) is 0 Å². The van der Waals surface area contributed by atoms with Crippen LogP contribution in [0.1, 0.15) is 46.7 Å². The van der Waals surface area contributed by atoms with E-state index in [-0.39, 0.29) is 5.91 Å². The van der Waals surface area contributed by atoms with E-state index in [9.17, 15) is 4.79 Å². The lowest BCUT2D eigenvalue weighted by atomic mass is 9.85. The van der Waals surface area contributed by atoms with Crippen molar-refractivity contribution in [2.45, 2.75) is 32.4 Å². The lowest BCUT2D eigenvalue weighted by Gasteiger charge is -2.27. The Hall–Kier alpha value is -3.83. The molecule has 0 spiro atoms. The van der Waals surface area contributed by atoms with Gasteiger partial charge in [0.15, 0.2) is 0 Å². The summed E-state index contributed by atoms with van der Waals surface area (Å²) in [6.45, 7) is 5.64. The number of ether oxygens (including phenoxy) is 1. The van der Waals surface area contributed by atoms with E-state index < -0.39 is 0 Å². The maximum atomic E-state index is 13.2. The molecule has 1 unspecified atom stereocenters. The minimum Gasteiger partial charge on any atom is -0.378 e. The minimum absolute atomic E-state index is 0.0578. The zero-order valence-corrected chi connectivity index (χ0v) is 22.1. The molecule has 6 rings (SSSR count). The number of amides is 1. The molecule has 39 heavy (non-hydrogen) atoms. The molecule has 2 aliphatic heterocycles. The Morgan fingerprint density at radius 2 is 2.13 bits per heavy atom. The van der Waals surface area contributed by atoms with E-state index in [1.165, 1.54) is 19.3 Å². The van der Waals surface area contributed by atoms with Crippen LogP contribution in [0.4, 0.5) is 0 Å². The van der Waals surface area contributed by atoms with Crippen molar-refractivity contribution in [3.8, 4) is 0 Å². The number of nitrogens with zero attached hydrogens (tertiary/aromatic N) is 6. The van der Waals surface area contributed by atoms with Crippen molar-refractivity contribution < 1.29 is 9.53 Å². The van der Waals surface area contributed by atoms with Gasteiger partial charge in [0.05, 0.1) is 37.2 Å². The predicted octanol–water partition coefficient (Wildman–Crippen LogP) is 2.20. The van der Waals surface area contributed by atoms with Gasteiger partial charge in [-0.3, -0.25) is 14.9 Å². The maximum Gasteiger partial charge on any atom is 0.254 e. The smallest absolute Gasteiger partial charge is 0.254 e. The third-order valence-electron chi connectivity index (χ3n) is 7.86. The monoisotopic (exact) mass is 529 g/mol. The third-order valence-corrected chi connectivity index (χ3v) is 7.86. The molecule has 0 bridgehead atoms. The summed E-state index contributed by atoms with van der Waals surface area (Å²) in [4.78, 5) is 24.3. The van der Waals surface area contributed by atoms with Crippen LogP contribution >= 0.6 is 0 Å². The second kappa shape index (κ2) is 11.5. The van der Waals surface area contributed by atoms with Gasteiger partial charge in [-0.1, -0.05) is 12.5 Å². The standard InChI is InChI=1S/C28H35N9O2/c29-34-26(23-10-21(11-25-24(23)15-32-35-25)28(38)36-6-8-39-9-7-36)16-31-14-22-18-37-17-20(4-5-27(37)33-22)13-30-12-19-2-1-3-19/h4-5,10-11,15-16,18-20,30H,1-3,6-9,12-14,17,29H2,(H,32,35). The first-order chi connectivity index (χ1) is 19.2. The van der Waals surface area contributed by atoms with Crippen molar-refractivity contribution in [1.29, 1.82) is 0 Å². The van der Waals surface area contributed by atoms with E-state index in [2.05, 4.69) is 48.5 Å². The average molecular weight is 530 g/mol. The average Bonchev–Trinajstić information content (AvgIpc) is 3.58. The highest BCUT2D eigenvalue weighted by atomic mass is 16.5. The van der Waals surface area contributed by atoms with Gasteiger partial charge in [0.2, 0.25) is 0 Å². The van der Waals surface area contributed by atoms with Crippen molar-refractivity contribution >= 4 is 34.8 Å². The van der Waals surface area contributed by atoms with E-state index in [1.54, 1.807) is 17.3 Å². The van der Waals surface area contributed by atoms with Crippen molar-refractivity contribution in [1.82, 2.24) is 30.0 Å². The van der Waals surface area contributed by atoms with Gasteiger partial charge in [-0.15, -0.1) is 0 Å². The molecule has 1 aliphatic carbocycles. The fourth-order valence-corrected chi connectivity index (χ4v) is 5.41. The van der Waals surface area contributed by atoms with Crippen LogP contribution in [0.2, 0.25) is 0 Å². The fourth-order valence-electron chi connectivity index (χ4n) is 5.41. The molecule has 3 aliphatic rings. The van der Waals surface area contributed by atoms with Crippen LogP contribution in [0.25, 0.3) is 17.0 Å². The quantitative estimate of drug-likeness (QED) is 0.221. The number of fused-ring (bicyclic) bond motifs is 2. The Morgan fingerprint density at radius 3 is 2.92 bits per heavy atom. The number of rotatable bonds is 9. The van der Waals surface area contributed by atoms with Gasteiger partial charge in [0.25, 0.3) is 5.91 Å². The third kappa shape index (κ3) is 5.64. The van der Waals surface area contributed by atoms with E-state index in [4.69, 9.17) is 15.6 Å². The first-order valence-electron chi connectivity index (χ1n) is 13.7. The zero-order valence-electron chi connectivity index (χ0n) is 22.1. The fraction of sp³-hybridized carbons (Fsp3) is 0.464. The number of hydrazone groups is 1. The summed E-state index contributed by atoms with van der Waals surface area (Å²) >= 11 is 0. The van der Waals surface area contributed by atoms with Gasteiger partial charge < -0.3 is 25.4 Å². The van der Waals surface area contributed by atoms with E-state index in [1.807, 2.05) is 12.1 Å². The van der Waals surface area contributed by atoms with Crippen LogP contribution in [-0.4, -0.2) is 81.9 Å². The van der Waals surface area contributed by atoms with Crippen LogP contribution in [0, 0.1) is 11.8 Å². The SMILES string of the molecule is NN=C(C=NCc1cn2c(n1)C=CC(CNCC1CCC1)C2)c1cc(C(=O)N2CCOCC2)cc2[nH]ncc12. The van der Waals surface area contributed by atoms with Crippen LogP contribution in [0.5, 0.6) is 0 Å². The van der Waals surface area contributed by atoms with Crippen molar-refractivity contribution in [2.75, 3.05) is 39.4 Å². The first kappa shape index (κ1) is 25.4. The Morgan fingerprint density at radius 1 is 1.26 bits per heavy atom. The molecule has 1 saturated carbocycles. The van der Waals surface area contributed by atoms with Gasteiger partial charge in [-0.2, -0.15) is 10.2 Å². The van der Waals surface area contributed by atoms with Gasteiger partial charge in [-0.25, -0.2) is 4.98 Å². The summed E-state index contributed by atoms with van der Waals surface area (Å²) in [7, 11) is 0. The Kier molecular flexibility index (Phi) is 7.51. The highest BCUT2D eigenvalue weighted by Gasteiger charge is 2.22. The lowest BCUT2D eigenvalue weighted by molar-refractivity contribution is 0.0303. The number of H-pyrrole nitrogens is 1. The van der Waals surface area contributed by atoms with Crippen LogP contribution in [-0.2, 0) is 17.8 Å². The zero-order chi connectivity index (χ0) is 26.6. The number of aliphatic imine (C=N–C) groups is 1. The van der Waals surface area contributed by atoms with Crippen molar-refractivity contribution in [2.24, 2.45) is 27.8 Å². The highest BCUT2D eigenvalue weighted by molar-refractivity contribution is 6.40. The highest BCUT2D eigenvalue weighted by Crippen LogP contribution is 2.25. The molecule has 4 N–H and O–H groups in total. The maximum absolute atomic E-state index is 13.2. The molecule has 1 aromatic carbocycles. The van der Waals surface area contributed by atoms with Crippen molar-refractivity contribution in [3.05, 3.63) is 53.2 Å². The number of benzene rings is 1. The van der Waals surface area contributed by atoms with Gasteiger partial charge in [0.1, 0.15) is 11.5 Å². The molecular formula is C28H35N9O2. The van der Waals surface area contributed by atoms with E-state index in [0.29, 0.717) is 55.6 Å². The lowest BCUT2D eigenvalue weighted by Crippen LogP contribution is -2.40. The Balaban J connectivity index is 1.12. The Bertz CT molecular complexity index is 1410. The Labute approximate surface area is 227 Å². The second-order valence-corrected chi connectivity index (χ2v) is 10.6. The summed E-state index contributed by atoms with van der Waals surface area (Å²) in [5, 5.41) is 15.6. The topological polar surface area (TPSA) is 139 Å². The predicted molar refractivity (Wildman–Crippen MR) is 151 cm³/mol. The van der Waals surface area contributed by atoms with Crippen LogP contribution < -0.4 is 11.2 Å². The number of morpholine rings is 1. The van der Waals surface area contributed by atoms with Gasteiger partial charge in [-0.05, 0) is 43.5 Å². The summed E-state index contributed by atoms with van der Waals surface area (Å²) in [6, 6.07) is 3.63. The summed E-state index contributed by atoms with van der Waals surface area (Å²) in [6.07, 6.45) is 13.9. The number of nitrogens with one attached hydrogen (secondary N) is 2. The molecule has 0 radical (unpaired) electrons. The largest absolute Gasteiger partial charge is 0.378 e.